The van der Waals surface area contributed by atoms with Gasteiger partial charge in [0.25, 0.3) is 0 Å². The number of aliphatic hydroxyl groups is 1. The molecule has 4 atom stereocenters. The molecule has 1 aliphatic rings. The average Bonchev–Trinajstić information content (AvgIpc) is 2.84. The lowest BCUT2D eigenvalue weighted by Crippen LogP contribution is -2.33. The highest BCUT2D eigenvalue weighted by Crippen LogP contribution is 2.35. The van der Waals surface area contributed by atoms with E-state index in [2.05, 4.69) is 10.9 Å². The van der Waals surface area contributed by atoms with Gasteiger partial charge in [0.05, 0.1) is 20.1 Å². The Bertz CT molecular complexity index is 481. The van der Waals surface area contributed by atoms with Crippen molar-refractivity contribution in [2.45, 2.75) is 38.5 Å². The minimum Gasteiger partial charge on any atom is -0.497 e. The molecule has 0 aromatic heterocycles. The van der Waals surface area contributed by atoms with Crippen molar-refractivity contribution in [3.63, 3.8) is 0 Å². The van der Waals surface area contributed by atoms with E-state index in [4.69, 9.17) is 9.47 Å². The molecule has 0 spiro atoms. The number of nitrogens with one attached hydrogen (secondary N) is 2. The number of carbonyl (C=O) groups excluding carboxylic acids is 1. The van der Waals surface area contributed by atoms with Crippen LogP contribution in [0.15, 0.2) is 24.3 Å². The van der Waals surface area contributed by atoms with Gasteiger partial charge in [-0.25, -0.2) is 5.43 Å². The maximum absolute atomic E-state index is 12.0. The van der Waals surface area contributed by atoms with Crippen LogP contribution >= 0.6 is 0 Å². The normalized spacial score (nSPS) is 25.7. The maximum atomic E-state index is 12.0. The summed E-state index contributed by atoms with van der Waals surface area (Å²) in [4.78, 5) is 12.0. The van der Waals surface area contributed by atoms with Gasteiger partial charge in [-0.15, -0.1) is 0 Å². The molecule has 3 N–H and O–H groups in total. The van der Waals surface area contributed by atoms with Crippen molar-refractivity contribution in [2.75, 3.05) is 13.7 Å². The zero-order valence-electron chi connectivity index (χ0n) is 13.2. The molecule has 0 saturated carbocycles. The van der Waals surface area contributed by atoms with Crippen LogP contribution in [0.1, 0.15) is 31.7 Å². The molecular formula is C16H24N2O4. The van der Waals surface area contributed by atoms with Crippen LogP contribution in [0.5, 0.6) is 5.75 Å². The van der Waals surface area contributed by atoms with Crippen LogP contribution in [-0.4, -0.2) is 37.1 Å². The van der Waals surface area contributed by atoms with E-state index >= 15 is 0 Å². The van der Waals surface area contributed by atoms with E-state index in [1.54, 1.807) is 14.0 Å². The smallest absolute Gasteiger partial charge is 0.306 e. The molecule has 6 heteroatoms. The molecule has 22 heavy (non-hydrogen) atoms. The van der Waals surface area contributed by atoms with Gasteiger partial charge in [0, 0.05) is 17.9 Å². The maximum Gasteiger partial charge on any atom is 0.306 e. The fraction of sp³-hybridized carbons (Fsp3) is 0.562. The van der Waals surface area contributed by atoms with Crippen LogP contribution in [0.4, 0.5) is 0 Å². The van der Waals surface area contributed by atoms with Crippen molar-refractivity contribution in [1.82, 2.24) is 10.9 Å². The van der Waals surface area contributed by atoms with E-state index in [-0.39, 0.29) is 30.3 Å². The molecule has 0 aliphatic carbocycles. The first-order chi connectivity index (χ1) is 10.6. The summed E-state index contributed by atoms with van der Waals surface area (Å²) < 4.78 is 10.3. The van der Waals surface area contributed by atoms with E-state index in [1.807, 2.05) is 31.2 Å². The first-order valence-corrected chi connectivity index (χ1v) is 7.55. The Labute approximate surface area is 130 Å². The summed E-state index contributed by atoms with van der Waals surface area (Å²) in [6.45, 7) is 4.12. The van der Waals surface area contributed by atoms with E-state index in [0.717, 1.165) is 11.3 Å². The summed E-state index contributed by atoms with van der Waals surface area (Å²) in [6.07, 6.45) is -0.480. The van der Waals surface area contributed by atoms with Gasteiger partial charge in [0.1, 0.15) is 12.0 Å². The number of carbonyl (C=O) groups is 1. The Balaban J connectivity index is 2.25. The Hall–Kier alpha value is -1.63. The minimum absolute atomic E-state index is 0.0385. The van der Waals surface area contributed by atoms with Gasteiger partial charge in [-0.1, -0.05) is 12.1 Å². The SMILES string of the molecule is CCOC(=O)CC(c1ccc(OC)cc1)C1C(C)NNC1O. The number of rotatable bonds is 6. The van der Waals surface area contributed by atoms with Gasteiger partial charge in [-0.05, 0) is 31.5 Å². The molecular weight excluding hydrogens is 284 g/mol. The lowest BCUT2D eigenvalue weighted by molar-refractivity contribution is -0.144. The number of hydrogen-bond donors (Lipinski definition) is 3. The highest BCUT2D eigenvalue weighted by molar-refractivity contribution is 5.70. The molecule has 1 aliphatic heterocycles. The number of hydrazine groups is 1. The molecule has 6 nitrogen and oxygen atoms in total. The average molecular weight is 308 g/mol. The number of ether oxygens (including phenoxy) is 2. The van der Waals surface area contributed by atoms with Crippen molar-refractivity contribution >= 4 is 5.97 Å². The van der Waals surface area contributed by atoms with E-state index in [0.29, 0.717) is 6.61 Å². The summed E-state index contributed by atoms with van der Waals surface area (Å²) in [5.41, 5.74) is 6.83. The number of hydrogen-bond acceptors (Lipinski definition) is 6. The Kier molecular flexibility index (Phi) is 5.76. The fourth-order valence-electron chi connectivity index (χ4n) is 2.98. The second-order valence-electron chi connectivity index (χ2n) is 5.49. The zero-order chi connectivity index (χ0) is 16.1. The zero-order valence-corrected chi connectivity index (χ0v) is 13.2. The molecule has 0 bridgehead atoms. The summed E-state index contributed by atoms with van der Waals surface area (Å²) in [5.74, 6) is 0.236. The second kappa shape index (κ2) is 7.58. The van der Waals surface area contributed by atoms with E-state index in [1.165, 1.54) is 0 Å². The van der Waals surface area contributed by atoms with Crippen molar-refractivity contribution in [2.24, 2.45) is 5.92 Å². The molecule has 1 aromatic rings. The highest BCUT2D eigenvalue weighted by atomic mass is 16.5. The number of benzene rings is 1. The van der Waals surface area contributed by atoms with Gasteiger partial charge in [-0.3, -0.25) is 10.2 Å². The third kappa shape index (κ3) is 3.76. The summed E-state index contributed by atoms with van der Waals surface area (Å²) in [6, 6.07) is 7.62. The Morgan fingerprint density at radius 1 is 1.32 bits per heavy atom. The third-order valence-electron chi connectivity index (χ3n) is 4.10. The van der Waals surface area contributed by atoms with Gasteiger partial charge in [0.15, 0.2) is 0 Å². The molecule has 1 heterocycles. The van der Waals surface area contributed by atoms with Crippen LogP contribution in [0.2, 0.25) is 0 Å². The first-order valence-electron chi connectivity index (χ1n) is 7.55. The molecule has 4 unspecified atom stereocenters. The van der Waals surface area contributed by atoms with Crippen molar-refractivity contribution in [3.05, 3.63) is 29.8 Å². The van der Waals surface area contributed by atoms with Crippen LogP contribution in [0.25, 0.3) is 0 Å². The van der Waals surface area contributed by atoms with Crippen molar-refractivity contribution in [3.8, 4) is 5.75 Å². The highest BCUT2D eigenvalue weighted by Gasteiger charge is 2.39. The predicted octanol–water partition coefficient (Wildman–Crippen LogP) is 1.16. The van der Waals surface area contributed by atoms with Gasteiger partial charge >= 0.3 is 5.97 Å². The fourth-order valence-corrected chi connectivity index (χ4v) is 2.98. The largest absolute Gasteiger partial charge is 0.497 e. The van der Waals surface area contributed by atoms with Gasteiger partial charge in [-0.2, -0.15) is 0 Å². The molecule has 0 amide bonds. The van der Waals surface area contributed by atoms with Crippen LogP contribution in [0.3, 0.4) is 0 Å². The van der Waals surface area contributed by atoms with Crippen LogP contribution < -0.4 is 15.6 Å². The van der Waals surface area contributed by atoms with Crippen LogP contribution in [0, 0.1) is 5.92 Å². The first kappa shape index (κ1) is 16.7. The lowest BCUT2D eigenvalue weighted by atomic mass is 9.79. The number of esters is 1. The van der Waals surface area contributed by atoms with Gasteiger partial charge < -0.3 is 14.6 Å². The van der Waals surface area contributed by atoms with Crippen LogP contribution in [-0.2, 0) is 9.53 Å². The second-order valence-corrected chi connectivity index (χ2v) is 5.49. The number of methoxy groups -OCH3 is 1. The van der Waals surface area contributed by atoms with Gasteiger partial charge in [0.2, 0.25) is 0 Å². The quantitative estimate of drug-likeness (QED) is 0.685. The molecule has 1 saturated heterocycles. The van der Waals surface area contributed by atoms with E-state index < -0.39 is 6.23 Å². The summed E-state index contributed by atoms with van der Waals surface area (Å²) in [5, 5.41) is 10.2. The monoisotopic (exact) mass is 308 g/mol. The summed E-state index contributed by atoms with van der Waals surface area (Å²) in [7, 11) is 1.61. The molecule has 1 fully saturated rings. The molecule has 122 valence electrons. The van der Waals surface area contributed by atoms with Crippen molar-refractivity contribution in [1.29, 1.82) is 0 Å². The molecule has 0 radical (unpaired) electrons. The topological polar surface area (TPSA) is 79.8 Å². The van der Waals surface area contributed by atoms with Crippen molar-refractivity contribution < 1.29 is 19.4 Å². The standard InChI is InChI=1S/C16H24N2O4/c1-4-22-14(19)9-13(15-10(2)17-18-16(15)20)11-5-7-12(21-3)8-6-11/h5-8,10,13,15-18,20H,4,9H2,1-3H3. The minimum atomic E-state index is -0.712. The predicted molar refractivity (Wildman–Crippen MR) is 82.2 cm³/mol. The number of aliphatic hydroxyl groups excluding tert-OH is 1. The van der Waals surface area contributed by atoms with E-state index in [9.17, 15) is 9.90 Å². The Morgan fingerprint density at radius 3 is 2.50 bits per heavy atom. The Morgan fingerprint density at radius 2 is 2.00 bits per heavy atom. The molecule has 2 rings (SSSR count). The third-order valence-corrected chi connectivity index (χ3v) is 4.10. The lowest BCUT2D eigenvalue weighted by Gasteiger charge is -2.27. The molecule has 1 aromatic carbocycles. The summed E-state index contributed by atoms with van der Waals surface area (Å²) >= 11 is 0.